The van der Waals surface area contributed by atoms with Crippen LogP contribution < -0.4 is 10.1 Å². The standard InChI is InChI=1S/C29H38N2O3/c1-5-6-7-8-9-10-14-28(33)30-23-13-11-12-21(17-23)27(32)19-26-25-18-24(34-4)16-15-22(25)20-29(2,3)31-26/h11-13,15-18H,5-10,14,19-20H2,1-4H3,(H,30,33). The Bertz CT molecular complexity index is 1040. The van der Waals surface area contributed by atoms with Gasteiger partial charge in [-0.05, 0) is 56.5 Å². The maximum Gasteiger partial charge on any atom is 0.224 e. The van der Waals surface area contributed by atoms with Gasteiger partial charge in [0.25, 0.3) is 0 Å². The van der Waals surface area contributed by atoms with Crippen LogP contribution >= 0.6 is 0 Å². The third kappa shape index (κ3) is 7.28. The third-order valence-electron chi connectivity index (χ3n) is 6.24. The average molecular weight is 463 g/mol. The fourth-order valence-corrected chi connectivity index (χ4v) is 4.49. The van der Waals surface area contributed by atoms with E-state index in [2.05, 4.69) is 32.2 Å². The van der Waals surface area contributed by atoms with Crippen LogP contribution in [0.1, 0.15) is 93.6 Å². The Balaban J connectivity index is 1.64. The number of nitrogens with one attached hydrogen (secondary N) is 1. The molecule has 2 aromatic rings. The molecule has 2 aromatic carbocycles. The van der Waals surface area contributed by atoms with Crippen LogP contribution in [0.5, 0.6) is 5.75 Å². The van der Waals surface area contributed by atoms with Crippen LogP contribution in [0.4, 0.5) is 5.69 Å². The molecule has 182 valence electrons. The first-order valence-electron chi connectivity index (χ1n) is 12.5. The summed E-state index contributed by atoms with van der Waals surface area (Å²) in [5.74, 6) is 0.741. The lowest BCUT2D eigenvalue weighted by Gasteiger charge is -2.29. The highest BCUT2D eigenvalue weighted by Crippen LogP contribution is 2.31. The summed E-state index contributed by atoms with van der Waals surface area (Å²) in [6.45, 7) is 6.38. The van der Waals surface area contributed by atoms with Crippen molar-refractivity contribution in [2.45, 2.75) is 84.1 Å². The van der Waals surface area contributed by atoms with Crippen molar-refractivity contribution in [3.8, 4) is 5.75 Å². The van der Waals surface area contributed by atoms with Gasteiger partial charge >= 0.3 is 0 Å². The zero-order valence-electron chi connectivity index (χ0n) is 21.1. The number of methoxy groups -OCH3 is 1. The summed E-state index contributed by atoms with van der Waals surface area (Å²) in [6.07, 6.45) is 8.42. The van der Waals surface area contributed by atoms with Gasteiger partial charge in [-0.25, -0.2) is 0 Å². The van der Waals surface area contributed by atoms with E-state index in [0.29, 0.717) is 17.7 Å². The smallest absolute Gasteiger partial charge is 0.224 e. The number of hydrogen-bond donors (Lipinski definition) is 1. The summed E-state index contributed by atoms with van der Waals surface area (Å²) >= 11 is 0. The number of rotatable bonds is 12. The van der Waals surface area contributed by atoms with Crippen molar-refractivity contribution in [3.63, 3.8) is 0 Å². The van der Waals surface area contributed by atoms with Crippen molar-refractivity contribution >= 4 is 23.1 Å². The monoisotopic (exact) mass is 462 g/mol. The summed E-state index contributed by atoms with van der Waals surface area (Å²) in [5.41, 5.74) is 3.92. The molecule has 5 heteroatoms. The summed E-state index contributed by atoms with van der Waals surface area (Å²) in [4.78, 5) is 30.4. The van der Waals surface area contributed by atoms with Gasteiger partial charge in [0.1, 0.15) is 5.75 Å². The van der Waals surface area contributed by atoms with Crippen molar-refractivity contribution in [2.75, 3.05) is 12.4 Å². The van der Waals surface area contributed by atoms with Gasteiger partial charge in [-0.3, -0.25) is 14.6 Å². The molecule has 1 aliphatic rings. The van der Waals surface area contributed by atoms with E-state index in [1.165, 1.54) is 31.2 Å². The molecule has 1 heterocycles. The molecule has 1 N–H and O–H groups in total. The summed E-state index contributed by atoms with van der Waals surface area (Å²) < 4.78 is 5.40. The lowest BCUT2D eigenvalue weighted by atomic mass is 9.85. The van der Waals surface area contributed by atoms with Crippen LogP contribution in [0.3, 0.4) is 0 Å². The lowest BCUT2D eigenvalue weighted by Crippen LogP contribution is -2.30. The predicted molar refractivity (Wildman–Crippen MR) is 139 cm³/mol. The predicted octanol–water partition coefficient (Wildman–Crippen LogP) is 6.78. The highest BCUT2D eigenvalue weighted by molar-refractivity contribution is 6.17. The molecule has 1 aliphatic heterocycles. The Morgan fingerprint density at radius 1 is 1.03 bits per heavy atom. The topological polar surface area (TPSA) is 67.8 Å². The molecule has 0 saturated carbocycles. The van der Waals surface area contributed by atoms with Gasteiger partial charge in [0.05, 0.1) is 24.8 Å². The quantitative estimate of drug-likeness (QED) is 0.279. The van der Waals surface area contributed by atoms with Crippen LogP contribution in [0, 0.1) is 0 Å². The van der Waals surface area contributed by atoms with Crippen LogP contribution in [0.25, 0.3) is 0 Å². The van der Waals surface area contributed by atoms with Crippen molar-refractivity contribution < 1.29 is 14.3 Å². The van der Waals surface area contributed by atoms with Gasteiger partial charge < -0.3 is 10.1 Å². The molecule has 0 unspecified atom stereocenters. The number of ether oxygens (including phenoxy) is 1. The number of benzene rings is 2. The number of hydrogen-bond acceptors (Lipinski definition) is 4. The summed E-state index contributed by atoms with van der Waals surface area (Å²) in [7, 11) is 1.64. The minimum Gasteiger partial charge on any atom is -0.497 e. The molecule has 5 nitrogen and oxygen atoms in total. The first-order valence-corrected chi connectivity index (χ1v) is 12.5. The van der Waals surface area contributed by atoms with Gasteiger partial charge in [-0.15, -0.1) is 0 Å². The number of Topliss-reactive ketones (excluding diaryl/α,β-unsaturated/α-hetero) is 1. The van der Waals surface area contributed by atoms with E-state index in [9.17, 15) is 9.59 Å². The van der Waals surface area contributed by atoms with E-state index in [1.54, 1.807) is 19.2 Å². The molecule has 1 amide bonds. The minimum absolute atomic E-state index is 0.000446. The number of unbranched alkanes of at least 4 members (excludes halogenated alkanes) is 5. The Kier molecular flexibility index (Phi) is 9.03. The van der Waals surface area contributed by atoms with Crippen LogP contribution in [0.15, 0.2) is 47.5 Å². The molecule has 0 radical (unpaired) electrons. The largest absolute Gasteiger partial charge is 0.497 e. The highest BCUT2D eigenvalue weighted by atomic mass is 16.5. The molecular formula is C29H38N2O3. The fourth-order valence-electron chi connectivity index (χ4n) is 4.49. The van der Waals surface area contributed by atoms with Gasteiger partial charge in [-0.2, -0.15) is 0 Å². The molecular weight excluding hydrogens is 424 g/mol. The number of anilines is 1. The Morgan fingerprint density at radius 3 is 2.56 bits per heavy atom. The van der Waals surface area contributed by atoms with E-state index in [1.807, 2.05) is 24.3 Å². The second-order valence-corrected chi connectivity index (χ2v) is 9.82. The molecule has 0 spiro atoms. The number of carbonyl (C=O) groups is 2. The molecule has 34 heavy (non-hydrogen) atoms. The third-order valence-corrected chi connectivity index (χ3v) is 6.24. The van der Waals surface area contributed by atoms with Crippen LogP contribution in [-0.2, 0) is 11.2 Å². The first-order chi connectivity index (χ1) is 16.3. The van der Waals surface area contributed by atoms with E-state index in [0.717, 1.165) is 36.3 Å². The average Bonchev–Trinajstić information content (AvgIpc) is 2.80. The highest BCUT2D eigenvalue weighted by Gasteiger charge is 2.28. The summed E-state index contributed by atoms with van der Waals surface area (Å²) in [6, 6.07) is 13.2. The molecule has 0 bridgehead atoms. The molecule has 0 atom stereocenters. The van der Waals surface area contributed by atoms with Gasteiger partial charge in [0.2, 0.25) is 5.91 Å². The van der Waals surface area contributed by atoms with Crippen LogP contribution in [-0.4, -0.2) is 30.1 Å². The van der Waals surface area contributed by atoms with E-state index < -0.39 is 0 Å². The molecule has 0 aliphatic carbocycles. The molecule has 0 saturated heterocycles. The normalized spacial score (nSPS) is 14.2. The van der Waals surface area contributed by atoms with Gasteiger partial charge in [0, 0.05) is 23.2 Å². The maximum atomic E-state index is 13.2. The number of carbonyl (C=O) groups excluding carboxylic acids is 2. The molecule has 0 fully saturated rings. The van der Waals surface area contributed by atoms with E-state index >= 15 is 0 Å². The van der Waals surface area contributed by atoms with Gasteiger partial charge in [-0.1, -0.05) is 57.2 Å². The Morgan fingerprint density at radius 2 is 1.79 bits per heavy atom. The molecule has 0 aromatic heterocycles. The first kappa shape index (κ1) is 25.7. The summed E-state index contributed by atoms with van der Waals surface area (Å²) in [5, 5.41) is 2.95. The SMILES string of the molecule is CCCCCCCCC(=O)Nc1cccc(C(=O)CC2=NC(C)(C)Cc3ccc(OC)cc32)c1. The lowest BCUT2D eigenvalue weighted by molar-refractivity contribution is -0.116. The Labute approximate surface area is 204 Å². The zero-order valence-corrected chi connectivity index (χ0v) is 21.1. The number of fused-ring (bicyclic) bond motifs is 1. The van der Waals surface area contributed by atoms with Crippen molar-refractivity contribution in [1.29, 1.82) is 0 Å². The number of aliphatic imine (C=N–C) groups is 1. The second-order valence-electron chi connectivity index (χ2n) is 9.82. The minimum atomic E-state index is -0.260. The van der Waals surface area contributed by atoms with Crippen molar-refractivity contribution in [2.24, 2.45) is 4.99 Å². The number of nitrogens with zero attached hydrogens (tertiary/aromatic N) is 1. The Hall–Kier alpha value is -2.95. The molecule has 3 rings (SSSR count). The zero-order chi connectivity index (χ0) is 24.6. The fraction of sp³-hybridized carbons (Fsp3) is 0.483. The number of amides is 1. The maximum absolute atomic E-state index is 13.2. The van der Waals surface area contributed by atoms with Gasteiger partial charge in [0.15, 0.2) is 5.78 Å². The van der Waals surface area contributed by atoms with E-state index in [-0.39, 0.29) is 23.7 Å². The second kappa shape index (κ2) is 12.0. The van der Waals surface area contributed by atoms with E-state index in [4.69, 9.17) is 9.73 Å². The van der Waals surface area contributed by atoms with Crippen LogP contribution in [0.2, 0.25) is 0 Å². The number of ketones is 1. The van der Waals surface area contributed by atoms with Crippen molar-refractivity contribution in [1.82, 2.24) is 0 Å². The van der Waals surface area contributed by atoms with Crippen molar-refractivity contribution in [3.05, 3.63) is 59.2 Å².